The van der Waals surface area contributed by atoms with Crippen LogP contribution in [0.5, 0.6) is 0 Å². The first-order valence-corrected chi connectivity index (χ1v) is 8.10. The Morgan fingerprint density at radius 3 is 2.72 bits per heavy atom. The average molecular weight is 344 g/mol. The number of morpholine rings is 1. The minimum Gasteiger partial charge on any atom is -0.370 e. The Hall–Kier alpha value is -2.74. The fourth-order valence-electron chi connectivity index (χ4n) is 3.08. The van der Waals surface area contributed by atoms with Crippen molar-refractivity contribution in [3.05, 3.63) is 57.4 Å². The standard InChI is InChI=1S/C17H20N4O4/c1-12-17(21(23)24)13(2)20(18-12)11-16(22)19-8-9-25-15(10-19)14-6-4-3-5-7-14/h3-7,15H,8-11H2,1-2H3. The SMILES string of the molecule is Cc1nn(CC(=O)N2CCOC(c3ccccc3)C2)c(C)c1[N+](=O)[O-]. The molecule has 1 amide bonds. The monoisotopic (exact) mass is 344 g/mol. The van der Waals surface area contributed by atoms with Gasteiger partial charge in [-0.2, -0.15) is 5.10 Å². The van der Waals surface area contributed by atoms with Gasteiger partial charge in [0.2, 0.25) is 5.91 Å². The van der Waals surface area contributed by atoms with Crippen LogP contribution in [0.2, 0.25) is 0 Å². The van der Waals surface area contributed by atoms with Gasteiger partial charge < -0.3 is 9.64 Å². The lowest BCUT2D eigenvalue weighted by Gasteiger charge is -2.33. The summed E-state index contributed by atoms with van der Waals surface area (Å²) in [6.45, 7) is 4.60. The van der Waals surface area contributed by atoms with E-state index in [2.05, 4.69) is 5.10 Å². The van der Waals surface area contributed by atoms with Crippen molar-refractivity contribution in [3.63, 3.8) is 0 Å². The van der Waals surface area contributed by atoms with Gasteiger partial charge in [0.1, 0.15) is 24.0 Å². The predicted molar refractivity (Wildman–Crippen MR) is 90.1 cm³/mol. The molecule has 0 spiro atoms. The van der Waals surface area contributed by atoms with Gasteiger partial charge in [0.25, 0.3) is 0 Å². The molecular weight excluding hydrogens is 324 g/mol. The van der Waals surface area contributed by atoms with Gasteiger partial charge in [-0.1, -0.05) is 30.3 Å². The third kappa shape index (κ3) is 3.53. The average Bonchev–Trinajstić information content (AvgIpc) is 2.89. The molecule has 1 atom stereocenters. The molecule has 25 heavy (non-hydrogen) atoms. The number of carbonyl (C=O) groups is 1. The van der Waals surface area contributed by atoms with Crippen LogP contribution in [-0.4, -0.2) is 45.2 Å². The zero-order chi connectivity index (χ0) is 18.0. The highest BCUT2D eigenvalue weighted by Crippen LogP contribution is 2.24. The molecular formula is C17H20N4O4. The van der Waals surface area contributed by atoms with E-state index in [0.717, 1.165) is 5.56 Å². The number of hydrogen-bond acceptors (Lipinski definition) is 5. The van der Waals surface area contributed by atoms with Crippen LogP contribution < -0.4 is 0 Å². The van der Waals surface area contributed by atoms with Crippen LogP contribution in [0.15, 0.2) is 30.3 Å². The largest absolute Gasteiger partial charge is 0.370 e. The molecule has 3 rings (SSSR count). The van der Waals surface area contributed by atoms with Crippen LogP contribution in [0.1, 0.15) is 23.1 Å². The van der Waals surface area contributed by atoms with E-state index in [1.807, 2.05) is 30.3 Å². The number of nitrogens with zero attached hydrogens (tertiary/aromatic N) is 4. The normalized spacial score (nSPS) is 17.5. The minimum atomic E-state index is -0.460. The number of rotatable bonds is 4. The van der Waals surface area contributed by atoms with E-state index in [4.69, 9.17) is 4.74 Å². The maximum absolute atomic E-state index is 12.6. The Bertz CT molecular complexity index is 787. The van der Waals surface area contributed by atoms with Gasteiger partial charge in [-0.25, -0.2) is 0 Å². The zero-order valence-electron chi connectivity index (χ0n) is 14.2. The van der Waals surface area contributed by atoms with Crippen LogP contribution in [0, 0.1) is 24.0 Å². The van der Waals surface area contributed by atoms with Gasteiger partial charge in [-0.15, -0.1) is 0 Å². The van der Waals surface area contributed by atoms with E-state index in [1.54, 1.807) is 18.7 Å². The first-order chi connectivity index (χ1) is 12.0. The van der Waals surface area contributed by atoms with Crippen LogP contribution in [0.25, 0.3) is 0 Å². The molecule has 1 aromatic heterocycles. The fraction of sp³-hybridized carbons (Fsp3) is 0.412. The molecule has 1 aliphatic rings. The summed E-state index contributed by atoms with van der Waals surface area (Å²) >= 11 is 0. The molecule has 2 heterocycles. The molecule has 0 N–H and O–H groups in total. The van der Waals surface area contributed by atoms with Crippen molar-refractivity contribution in [1.29, 1.82) is 0 Å². The molecule has 1 fully saturated rings. The molecule has 0 aliphatic carbocycles. The Balaban J connectivity index is 1.71. The molecule has 0 bridgehead atoms. The molecule has 0 radical (unpaired) electrons. The van der Waals surface area contributed by atoms with Crippen molar-refractivity contribution in [2.45, 2.75) is 26.5 Å². The Kier molecular flexibility index (Phi) is 4.80. The molecule has 8 heteroatoms. The molecule has 8 nitrogen and oxygen atoms in total. The van der Waals surface area contributed by atoms with Crippen molar-refractivity contribution in [2.75, 3.05) is 19.7 Å². The predicted octanol–water partition coefficient (Wildman–Crippen LogP) is 2.01. The number of hydrogen-bond donors (Lipinski definition) is 0. The molecule has 2 aromatic rings. The molecule has 1 aromatic carbocycles. The van der Waals surface area contributed by atoms with Gasteiger partial charge in [0.15, 0.2) is 0 Å². The van der Waals surface area contributed by atoms with Crippen molar-refractivity contribution in [1.82, 2.24) is 14.7 Å². The zero-order valence-corrected chi connectivity index (χ0v) is 14.2. The van der Waals surface area contributed by atoms with Gasteiger partial charge in [0, 0.05) is 6.54 Å². The number of aryl methyl sites for hydroxylation is 1. The maximum atomic E-state index is 12.6. The number of aromatic nitrogens is 2. The van der Waals surface area contributed by atoms with Crippen LogP contribution in [0.4, 0.5) is 5.69 Å². The van der Waals surface area contributed by atoms with Crippen molar-refractivity contribution in [2.24, 2.45) is 0 Å². The smallest absolute Gasteiger partial charge is 0.312 e. The highest BCUT2D eigenvalue weighted by molar-refractivity contribution is 5.76. The van der Waals surface area contributed by atoms with E-state index in [9.17, 15) is 14.9 Å². The lowest BCUT2D eigenvalue weighted by molar-refractivity contribution is -0.386. The highest BCUT2D eigenvalue weighted by atomic mass is 16.6. The first kappa shape index (κ1) is 17.1. The second-order valence-corrected chi connectivity index (χ2v) is 6.04. The summed E-state index contributed by atoms with van der Waals surface area (Å²) < 4.78 is 7.17. The van der Waals surface area contributed by atoms with E-state index in [1.165, 1.54) is 4.68 Å². The second-order valence-electron chi connectivity index (χ2n) is 6.04. The summed E-state index contributed by atoms with van der Waals surface area (Å²) in [4.78, 5) is 25.0. The fourth-order valence-corrected chi connectivity index (χ4v) is 3.08. The third-order valence-corrected chi connectivity index (χ3v) is 4.40. The maximum Gasteiger partial charge on any atom is 0.312 e. The molecule has 1 saturated heterocycles. The molecule has 132 valence electrons. The lowest BCUT2D eigenvalue weighted by Crippen LogP contribution is -2.43. The minimum absolute atomic E-state index is 0.0119. The van der Waals surface area contributed by atoms with Crippen molar-refractivity contribution in [3.8, 4) is 0 Å². The van der Waals surface area contributed by atoms with Gasteiger partial charge in [0.05, 0.1) is 18.1 Å². The van der Waals surface area contributed by atoms with E-state index in [-0.39, 0.29) is 24.2 Å². The summed E-state index contributed by atoms with van der Waals surface area (Å²) in [5, 5.41) is 15.2. The second kappa shape index (κ2) is 7.02. The Labute approximate surface area is 145 Å². The van der Waals surface area contributed by atoms with E-state index < -0.39 is 4.92 Å². The molecule has 0 saturated carbocycles. The number of ether oxygens (including phenoxy) is 1. The number of amides is 1. The van der Waals surface area contributed by atoms with Crippen LogP contribution in [-0.2, 0) is 16.1 Å². The quantitative estimate of drug-likeness (QED) is 0.625. The Morgan fingerprint density at radius 1 is 1.36 bits per heavy atom. The highest BCUT2D eigenvalue weighted by Gasteiger charge is 2.28. The van der Waals surface area contributed by atoms with Gasteiger partial charge in [-0.05, 0) is 19.4 Å². The van der Waals surface area contributed by atoms with Gasteiger partial charge in [-0.3, -0.25) is 19.6 Å². The Morgan fingerprint density at radius 2 is 2.08 bits per heavy atom. The molecule has 1 unspecified atom stereocenters. The number of carbonyl (C=O) groups excluding carboxylic acids is 1. The first-order valence-electron chi connectivity index (χ1n) is 8.10. The van der Waals surface area contributed by atoms with Crippen LogP contribution in [0.3, 0.4) is 0 Å². The lowest BCUT2D eigenvalue weighted by atomic mass is 10.1. The molecule has 1 aliphatic heterocycles. The summed E-state index contributed by atoms with van der Waals surface area (Å²) in [5.41, 5.74) is 1.71. The topological polar surface area (TPSA) is 90.5 Å². The summed E-state index contributed by atoms with van der Waals surface area (Å²) in [6.07, 6.45) is -0.159. The van der Waals surface area contributed by atoms with E-state index >= 15 is 0 Å². The van der Waals surface area contributed by atoms with Crippen molar-refractivity contribution < 1.29 is 14.5 Å². The van der Waals surface area contributed by atoms with E-state index in [0.29, 0.717) is 31.1 Å². The summed E-state index contributed by atoms with van der Waals surface area (Å²) in [6, 6.07) is 9.76. The number of nitro groups is 1. The summed E-state index contributed by atoms with van der Waals surface area (Å²) in [5.74, 6) is -0.121. The van der Waals surface area contributed by atoms with Crippen LogP contribution >= 0.6 is 0 Å². The van der Waals surface area contributed by atoms with Gasteiger partial charge >= 0.3 is 5.69 Å². The number of benzene rings is 1. The summed E-state index contributed by atoms with van der Waals surface area (Å²) in [7, 11) is 0. The van der Waals surface area contributed by atoms with Crippen molar-refractivity contribution >= 4 is 11.6 Å². The third-order valence-electron chi connectivity index (χ3n) is 4.40.